The predicted octanol–water partition coefficient (Wildman–Crippen LogP) is 4.77. The molecule has 2 aromatic carbocycles. The quantitative estimate of drug-likeness (QED) is 0.714. The van der Waals surface area contributed by atoms with Crippen LogP contribution in [0.3, 0.4) is 0 Å². The summed E-state index contributed by atoms with van der Waals surface area (Å²) in [6.45, 7) is 2.13. The van der Waals surface area contributed by atoms with Gasteiger partial charge in [-0.05, 0) is 29.7 Å². The van der Waals surface area contributed by atoms with Gasteiger partial charge in [0.25, 0.3) is 0 Å². The lowest BCUT2D eigenvalue weighted by molar-refractivity contribution is -0.116. The second-order valence-electron chi connectivity index (χ2n) is 6.27. The van der Waals surface area contributed by atoms with Gasteiger partial charge in [0.1, 0.15) is 0 Å². The van der Waals surface area contributed by atoms with Gasteiger partial charge in [0.05, 0.1) is 5.69 Å². The first-order valence-electron chi connectivity index (χ1n) is 8.38. The van der Waals surface area contributed by atoms with E-state index in [1.165, 1.54) is 5.56 Å². The van der Waals surface area contributed by atoms with Gasteiger partial charge in [-0.2, -0.15) is 5.10 Å². The summed E-state index contributed by atoms with van der Waals surface area (Å²) in [7, 11) is 0. The van der Waals surface area contributed by atoms with Crippen LogP contribution < -0.4 is 5.32 Å². The number of aryl methyl sites for hydroxylation is 1. The van der Waals surface area contributed by atoms with Crippen molar-refractivity contribution in [3.8, 4) is 11.3 Å². The van der Waals surface area contributed by atoms with Crippen molar-refractivity contribution in [2.75, 3.05) is 5.32 Å². The molecule has 2 heterocycles. The zero-order chi connectivity index (χ0) is 17.4. The zero-order valence-electron chi connectivity index (χ0n) is 13.8. The maximum atomic E-state index is 12.1. The molecule has 1 atom stereocenters. The molecule has 0 fully saturated rings. The number of H-pyrrole nitrogens is 1. The van der Waals surface area contributed by atoms with Crippen molar-refractivity contribution < 1.29 is 4.79 Å². The highest BCUT2D eigenvalue weighted by atomic mass is 35.5. The summed E-state index contributed by atoms with van der Waals surface area (Å²) in [4.78, 5) is 12.1. The average molecular weight is 352 g/mol. The Bertz CT molecular complexity index is 913. The maximum absolute atomic E-state index is 12.1. The minimum absolute atomic E-state index is 0.00813. The van der Waals surface area contributed by atoms with E-state index in [0.717, 1.165) is 28.8 Å². The van der Waals surface area contributed by atoms with Crippen molar-refractivity contribution in [1.82, 2.24) is 10.2 Å². The molecule has 0 saturated heterocycles. The van der Waals surface area contributed by atoms with E-state index >= 15 is 0 Å². The number of benzene rings is 2. The second-order valence-corrected chi connectivity index (χ2v) is 6.70. The van der Waals surface area contributed by atoms with Crippen LogP contribution in [0.2, 0.25) is 5.02 Å². The van der Waals surface area contributed by atoms with Crippen LogP contribution in [-0.4, -0.2) is 16.1 Å². The highest BCUT2D eigenvalue weighted by Crippen LogP contribution is 2.41. The molecular weight excluding hydrogens is 334 g/mol. The summed E-state index contributed by atoms with van der Waals surface area (Å²) in [6, 6.07) is 16.1. The van der Waals surface area contributed by atoms with Crippen LogP contribution in [0.15, 0.2) is 48.5 Å². The van der Waals surface area contributed by atoms with E-state index in [1.807, 2.05) is 24.3 Å². The fraction of sp³-hybridized carbons (Fsp3) is 0.200. The van der Waals surface area contributed by atoms with E-state index in [-0.39, 0.29) is 11.8 Å². The Morgan fingerprint density at radius 1 is 1.12 bits per heavy atom. The molecular formula is C20H18ClN3O. The van der Waals surface area contributed by atoms with E-state index in [0.29, 0.717) is 17.3 Å². The normalized spacial score (nSPS) is 16.4. The third-order valence-electron chi connectivity index (χ3n) is 4.72. The van der Waals surface area contributed by atoms with Gasteiger partial charge >= 0.3 is 0 Å². The molecule has 0 radical (unpaired) electrons. The molecule has 5 heteroatoms. The number of nitrogens with one attached hydrogen (secondary N) is 2. The lowest BCUT2D eigenvalue weighted by Gasteiger charge is -2.23. The predicted molar refractivity (Wildman–Crippen MR) is 99.9 cm³/mol. The number of halogens is 1. The van der Waals surface area contributed by atoms with Crippen molar-refractivity contribution in [3.05, 3.63) is 70.2 Å². The van der Waals surface area contributed by atoms with Crippen molar-refractivity contribution in [2.24, 2.45) is 0 Å². The third kappa shape index (κ3) is 2.94. The molecule has 1 unspecified atom stereocenters. The third-order valence-corrected chi connectivity index (χ3v) is 4.97. The summed E-state index contributed by atoms with van der Waals surface area (Å²) in [5.41, 5.74) is 5.38. The minimum Gasteiger partial charge on any atom is -0.309 e. The van der Waals surface area contributed by atoms with Crippen LogP contribution in [-0.2, 0) is 11.2 Å². The van der Waals surface area contributed by atoms with E-state index in [9.17, 15) is 4.79 Å². The van der Waals surface area contributed by atoms with Gasteiger partial charge in [0.2, 0.25) is 5.91 Å². The number of hydrogen-bond acceptors (Lipinski definition) is 2. The van der Waals surface area contributed by atoms with Gasteiger partial charge < -0.3 is 5.32 Å². The Kier molecular flexibility index (Phi) is 4.06. The minimum atomic E-state index is -0.0147. The lowest BCUT2D eigenvalue weighted by atomic mass is 9.84. The molecule has 1 aliphatic heterocycles. The molecule has 1 aromatic heterocycles. The first-order chi connectivity index (χ1) is 12.2. The molecule has 3 aromatic rings. The van der Waals surface area contributed by atoms with Crippen LogP contribution in [0, 0.1) is 0 Å². The zero-order valence-corrected chi connectivity index (χ0v) is 14.6. The van der Waals surface area contributed by atoms with Gasteiger partial charge in [0, 0.05) is 28.5 Å². The van der Waals surface area contributed by atoms with Crippen molar-refractivity contribution >= 4 is 23.3 Å². The highest BCUT2D eigenvalue weighted by Gasteiger charge is 2.31. The Balaban J connectivity index is 1.82. The largest absolute Gasteiger partial charge is 0.309 e. The number of aromatic amines is 1. The number of anilines is 1. The van der Waals surface area contributed by atoms with Crippen LogP contribution in [0.1, 0.15) is 36.0 Å². The van der Waals surface area contributed by atoms with Crippen molar-refractivity contribution in [3.63, 3.8) is 0 Å². The van der Waals surface area contributed by atoms with Gasteiger partial charge in [-0.15, -0.1) is 0 Å². The summed E-state index contributed by atoms with van der Waals surface area (Å²) >= 11 is 6.01. The Labute approximate surface area is 151 Å². The summed E-state index contributed by atoms with van der Waals surface area (Å²) in [6.07, 6.45) is 1.41. The average Bonchev–Trinajstić information content (AvgIpc) is 3.05. The second kappa shape index (κ2) is 6.37. The number of aromatic nitrogens is 2. The van der Waals surface area contributed by atoms with E-state index in [4.69, 9.17) is 11.6 Å². The number of carbonyl (C=O) groups is 1. The smallest absolute Gasteiger partial charge is 0.226 e. The number of carbonyl (C=O) groups excluding carboxylic acids is 1. The first kappa shape index (κ1) is 15.9. The van der Waals surface area contributed by atoms with Crippen LogP contribution in [0.4, 0.5) is 5.82 Å². The van der Waals surface area contributed by atoms with Gasteiger partial charge in [0.15, 0.2) is 5.82 Å². The standard InChI is InChI=1S/C20H18ClN3O/c1-2-12-3-5-13(6-4-12)16-11-17(25)22-20-18(16)19(23-24-20)14-7-9-15(21)10-8-14/h3-10,16H,2,11H2,1H3,(H2,22,23,24,25). The topological polar surface area (TPSA) is 57.8 Å². The van der Waals surface area contributed by atoms with Gasteiger partial charge in [-0.3, -0.25) is 9.89 Å². The first-order valence-corrected chi connectivity index (χ1v) is 8.76. The lowest BCUT2D eigenvalue weighted by Crippen LogP contribution is -2.23. The number of hydrogen-bond donors (Lipinski definition) is 2. The Hall–Kier alpha value is -2.59. The molecule has 2 N–H and O–H groups in total. The molecule has 0 bridgehead atoms. The fourth-order valence-electron chi connectivity index (χ4n) is 3.36. The SMILES string of the molecule is CCc1ccc(C2CC(=O)Nc3n[nH]c(-c4ccc(Cl)cc4)c32)cc1. The van der Waals surface area contributed by atoms with E-state index in [1.54, 1.807) is 0 Å². The number of amides is 1. The molecule has 1 amide bonds. The Morgan fingerprint density at radius 2 is 1.84 bits per heavy atom. The molecule has 4 rings (SSSR count). The Morgan fingerprint density at radius 3 is 2.52 bits per heavy atom. The number of nitrogens with zero attached hydrogens (tertiary/aromatic N) is 1. The number of rotatable bonds is 3. The van der Waals surface area contributed by atoms with E-state index < -0.39 is 0 Å². The summed E-state index contributed by atoms with van der Waals surface area (Å²) in [5, 5.41) is 11.0. The molecule has 126 valence electrons. The maximum Gasteiger partial charge on any atom is 0.226 e. The molecule has 25 heavy (non-hydrogen) atoms. The fourth-order valence-corrected chi connectivity index (χ4v) is 3.49. The highest BCUT2D eigenvalue weighted by molar-refractivity contribution is 6.30. The van der Waals surface area contributed by atoms with Crippen molar-refractivity contribution in [1.29, 1.82) is 0 Å². The summed E-state index contributed by atoms with van der Waals surface area (Å²) < 4.78 is 0. The molecule has 0 spiro atoms. The molecule has 0 aliphatic carbocycles. The monoisotopic (exact) mass is 351 g/mol. The van der Waals surface area contributed by atoms with Crippen LogP contribution in [0.5, 0.6) is 0 Å². The molecule has 4 nitrogen and oxygen atoms in total. The van der Waals surface area contributed by atoms with Gasteiger partial charge in [-0.25, -0.2) is 0 Å². The molecule has 1 aliphatic rings. The van der Waals surface area contributed by atoms with Crippen LogP contribution in [0.25, 0.3) is 11.3 Å². The number of fused-ring (bicyclic) bond motifs is 1. The summed E-state index contributed by atoms with van der Waals surface area (Å²) in [5.74, 6) is 0.594. The van der Waals surface area contributed by atoms with E-state index in [2.05, 4.69) is 46.7 Å². The van der Waals surface area contributed by atoms with Crippen molar-refractivity contribution in [2.45, 2.75) is 25.7 Å². The van der Waals surface area contributed by atoms with Gasteiger partial charge in [-0.1, -0.05) is 54.9 Å². The molecule has 0 saturated carbocycles. The van der Waals surface area contributed by atoms with Crippen LogP contribution >= 0.6 is 11.6 Å².